The van der Waals surface area contributed by atoms with Crippen molar-refractivity contribution in [2.45, 2.75) is 62.6 Å². The molecule has 0 saturated heterocycles. The zero-order valence-corrected chi connectivity index (χ0v) is 28.0. The highest BCUT2D eigenvalue weighted by Gasteiger charge is 2.35. The molecule has 7 nitrogen and oxygen atoms in total. The number of amides is 2. The lowest BCUT2D eigenvalue weighted by Crippen LogP contribution is -2.54. The van der Waals surface area contributed by atoms with Crippen molar-refractivity contribution in [3.05, 3.63) is 130 Å². The van der Waals surface area contributed by atoms with E-state index in [0.717, 1.165) is 63.3 Å². The van der Waals surface area contributed by atoms with Crippen LogP contribution in [-0.2, 0) is 32.6 Å². The van der Waals surface area contributed by atoms with Crippen LogP contribution in [0.15, 0.2) is 112 Å². The second kappa shape index (κ2) is 15.0. The quantitative estimate of drug-likeness (QED) is 0.176. The van der Waals surface area contributed by atoms with Crippen LogP contribution in [0.4, 0.5) is 10.1 Å². The standard InChI is InChI=1S/C36H37BrFN3O4S/c1-26-14-20-33(21-15-26)46(44,45)41(32-18-16-30(38)17-19-32)25-35(42)40(24-28-10-7-11-29(37)22-28)34(23-27-8-3-2-4-9-27)36(43)39-31-12-5-6-13-31/h2-4,7-11,14-22,31,34H,5-6,12-13,23-25H2,1H3,(H,39,43)/t34-/m1/s1. The molecule has 10 heteroatoms. The van der Waals surface area contributed by atoms with Crippen molar-refractivity contribution in [3.63, 3.8) is 0 Å². The van der Waals surface area contributed by atoms with Gasteiger partial charge in [-0.05, 0) is 79.4 Å². The van der Waals surface area contributed by atoms with Crippen molar-refractivity contribution in [1.82, 2.24) is 10.2 Å². The van der Waals surface area contributed by atoms with E-state index in [-0.39, 0.29) is 35.5 Å². The highest BCUT2D eigenvalue weighted by atomic mass is 79.9. The van der Waals surface area contributed by atoms with Crippen LogP contribution in [0.3, 0.4) is 0 Å². The van der Waals surface area contributed by atoms with Crippen molar-refractivity contribution >= 4 is 43.5 Å². The predicted molar refractivity (Wildman–Crippen MR) is 181 cm³/mol. The fraction of sp³-hybridized carbons (Fsp3) is 0.278. The molecule has 0 aliphatic heterocycles. The van der Waals surface area contributed by atoms with Gasteiger partial charge in [-0.2, -0.15) is 0 Å². The van der Waals surface area contributed by atoms with E-state index in [0.29, 0.717) is 0 Å². The van der Waals surface area contributed by atoms with Gasteiger partial charge in [0.15, 0.2) is 0 Å². The van der Waals surface area contributed by atoms with Gasteiger partial charge in [0.2, 0.25) is 11.8 Å². The van der Waals surface area contributed by atoms with Gasteiger partial charge in [-0.25, -0.2) is 12.8 Å². The zero-order valence-electron chi connectivity index (χ0n) is 25.6. The molecule has 0 radical (unpaired) electrons. The number of anilines is 1. The first-order valence-electron chi connectivity index (χ1n) is 15.3. The van der Waals surface area contributed by atoms with E-state index in [1.165, 1.54) is 29.2 Å². The Hall–Kier alpha value is -4.02. The van der Waals surface area contributed by atoms with Gasteiger partial charge in [0.05, 0.1) is 10.6 Å². The molecule has 0 aromatic heterocycles. The number of aryl methyl sites for hydroxylation is 1. The summed E-state index contributed by atoms with van der Waals surface area (Å²) in [6.07, 6.45) is 4.03. The molecule has 46 heavy (non-hydrogen) atoms. The van der Waals surface area contributed by atoms with Gasteiger partial charge < -0.3 is 10.2 Å². The first kappa shape index (κ1) is 33.3. The summed E-state index contributed by atoms with van der Waals surface area (Å²) in [7, 11) is -4.26. The molecule has 1 aliphatic carbocycles. The van der Waals surface area contributed by atoms with E-state index in [1.54, 1.807) is 12.1 Å². The molecular weight excluding hydrogens is 669 g/mol. The Morgan fingerprint density at radius 3 is 2.20 bits per heavy atom. The Balaban J connectivity index is 1.56. The minimum Gasteiger partial charge on any atom is -0.352 e. The Bertz CT molecular complexity index is 1750. The summed E-state index contributed by atoms with van der Waals surface area (Å²) in [4.78, 5) is 30.1. The molecule has 0 bridgehead atoms. The highest BCUT2D eigenvalue weighted by molar-refractivity contribution is 9.10. The van der Waals surface area contributed by atoms with Gasteiger partial charge in [-0.1, -0.05) is 88.9 Å². The molecule has 240 valence electrons. The lowest BCUT2D eigenvalue weighted by molar-refractivity contribution is -0.140. The van der Waals surface area contributed by atoms with Gasteiger partial charge >= 0.3 is 0 Å². The maximum Gasteiger partial charge on any atom is 0.264 e. The number of nitrogens with one attached hydrogen (secondary N) is 1. The molecule has 1 atom stereocenters. The monoisotopic (exact) mass is 705 g/mol. The van der Waals surface area contributed by atoms with Crippen molar-refractivity contribution in [3.8, 4) is 0 Å². The minimum atomic E-state index is -4.26. The average Bonchev–Trinajstić information content (AvgIpc) is 3.55. The van der Waals surface area contributed by atoms with E-state index in [1.807, 2.05) is 61.5 Å². The Labute approximate surface area is 278 Å². The number of carbonyl (C=O) groups excluding carboxylic acids is 2. The summed E-state index contributed by atoms with van der Waals surface area (Å²) >= 11 is 3.50. The first-order valence-corrected chi connectivity index (χ1v) is 17.6. The lowest BCUT2D eigenvalue weighted by atomic mass is 10.0. The maximum absolute atomic E-state index is 14.5. The van der Waals surface area contributed by atoms with Crippen molar-refractivity contribution < 1.29 is 22.4 Å². The normalized spacial score (nSPS) is 14.1. The fourth-order valence-electron chi connectivity index (χ4n) is 5.73. The largest absolute Gasteiger partial charge is 0.352 e. The van der Waals surface area contributed by atoms with E-state index in [2.05, 4.69) is 21.2 Å². The first-order chi connectivity index (χ1) is 22.1. The molecule has 0 spiro atoms. The van der Waals surface area contributed by atoms with Crippen LogP contribution in [0.2, 0.25) is 0 Å². The summed E-state index contributed by atoms with van der Waals surface area (Å²) in [5.41, 5.74) is 2.64. The second-order valence-electron chi connectivity index (χ2n) is 11.6. The highest BCUT2D eigenvalue weighted by Crippen LogP contribution is 2.26. The topological polar surface area (TPSA) is 86.8 Å². The molecule has 2 amide bonds. The number of benzene rings is 4. The number of hydrogen-bond donors (Lipinski definition) is 1. The molecule has 1 saturated carbocycles. The predicted octanol–water partition coefficient (Wildman–Crippen LogP) is 6.79. The molecular formula is C36H37BrFN3O4S. The van der Waals surface area contributed by atoms with Gasteiger partial charge in [0, 0.05) is 23.5 Å². The van der Waals surface area contributed by atoms with Crippen LogP contribution in [0.5, 0.6) is 0 Å². The maximum atomic E-state index is 14.5. The Morgan fingerprint density at radius 2 is 1.54 bits per heavy atom. The van der Waals surface area contributed by atoms with Crippen LogP contribution in [0.25, 0.3) is 0 Å². The van der Waals surface area contributed by atoms with Gasteiger partial charge in [0.1, 0.15) is 18.4 Å². The van der Waals surface area contributed by atoms with Crippen LogP contribution in [0, 0.1) is 12.7 Å². The number of rotatable bonds is 12. The third kappa shape index (κ3) is 8.41. The van der Waals surface area contributed by atoms with Crippen LogP contribution < -0.4 is 9.62 Å². The molecule has 0 unspecified atom stereocenters. The minimum absolute atomic E-state index is 0.00595. The van der Waals surface area contributed by atoms with Crippen LogP contribution in [-0.4, -0.2) is 43.8 Å². The summed E-state index contributed by atoms with van der Waals surface area (Å²) in [6.45, 7) is 1.31. The number of halogens is 2. The summed E-state index contributed by atoms with van der Waals surface area (Å²) < 4.78 is 43.9. The van der Waals surface area contributed by atoms with Gasteiger partial charge in [-0.15, -0.1) is 0 Å². The van der Waals surface area contributed by atoms with Crippen LogP contribution in [0.1, 0.15) is 42.4 Å². The van der Waals surface area contributed by atoms with E-state index >= 15 is 0 Å². The van der Waals surface area contributed by atoms with Crippen molar-refractivity contribution in [2.75, 3.05) is 10.8 Å². The van der Waals surface area contributed by atoms with E-state index in [4.69, 9.17) is 0 Å². The molecule has 1 aliphatic rings. The van der Waals surface area contributed by atoms with E-state index in [9.17, 15) is 22.4 Å². The lowest BCUT2D eigenvalue weighted by Gasteiger charge is -2.34. The smallest absolute Gasteiger partial charge is 0.264 e. The summed E-state index contributed by atoms with van der Waals surface area (Å²) in [6, 6.07) is 27.3. The molecule has 4 aromatic carbocycles. The SMILES string of the molecule is Cc1ccc(S(=O)(=O)N(CC(=O)N(Cc2cccc(Br)c2)[C@H](Cc2ccccc2)C(=O)NC2CCCC2)c2ccc(F)cc2)cc1. The number of nitrogens with zero attached hydrogens (tertiary/aromatic N) is 2. The Kier molecular flexibility index (Phi) is 10.9. The summed E-state index contributed by atoms with van der Waals surface area (Å²) in [5.74, 6) is -1.39. The average molecular weight is 707 g/mol. The van der Waals surface area contributed by atoms with Crippen molar-refractivity contribution in [1.29, 1.82) is 0 Å². The third-order valence-corrected chi connectivity index (χ3v) is 10.5. The van der Waals surface area contributed by atoms with Crippen molar-refractivity contribution in [2.24, 2.45) is 0 Å². The molecule has 4 aromatic rings. The molecule has 0 heterocycles. The number of hydrogen-bond acceptors (Lipinski definition) is 4. The molecule has 1 fully saturated rings. The van der Waals surface area contributed by atoms with Gasteiger partial charge in [-0.3, -0.25) is 13.9 Å². The van der Waals surface area contributed by atoms with Gasteiger partial charge in [0.25, 0.3) is 10.0 Å². The third-order valence-electron chi connectivity index (χ3n) is 8.22. The van der Waals surface area contributed by atoms with Crippen LogP contribution >= 0.6 is 15.9 Å². The Morgan fingerprint density at radius 1 is 0.891 bits per heavy atom. The number of carbonyl (C=O) groups is 2. The van der Waals surface area contributed by atoms with E-state index < -0.39 is 34.3 Å². The summed E-state index contributed by atoms with van der Waals surface area (Å²) in [5, 5.41) is 3.17. The second-order valence-corrected chi connectivity index (χ2v) is 14.4. The number of sulfonamides is 1. The zero-order chi connectivity index (χ0) is 32.7. The molecule has 5 rings (SSSR count). The molecule has 1 N–H and O–H groups in total. The fourth-order valence-corrected chi connectivity index (χ4v) is 7.59.